The highest BCUT2D eigenvalue weighted by Gasteiger charge is 2.45. The molecule has 2 atom stereocenters. The Hall–Kier alpha value is -1.86. The van der Waals surface area contributed by atoms with Crippen molar-refractivity contribution >= 4 is 17.4 Å². The van der Waals surface area contributed by atoms with E-state index in [2.05, 4.69) is 19.8 Å². The molecule has 132 valence electrons. The molecule has 2 aromatic heterocycles. The lowest BCUT2D eigenvalue weighted by atomic mass is 9.87. The van der Waals surface area contributed by atoms with Crippen LogP contribution in [0, 0.1) is 0 Å². The predicted molar refractivity (Wildman–Crippen MR) is 88.4 cm³/mol. The molecule has 0 radical (unpaired) electrons. The van der Waals surface area contributed by atoms with Crippen LogP contribution < -0.4 is 4.90 Å². The van der Waals surface area contributed by atoms with Gasteiger partial charge in [-0.1, -0.05) is 17.7 Å². The van der Waals surface area contributed by atoms with Gasteiger partial charge in [0.05, 0.1) is 5.02 Å². The first-order valence-electron chi connectivity index (χ1n) is 8.04. The summed E-state index contributed by atoms with van der Waals surface area (Å²) >= 11 is 5.89. The molecule has 8 heteroatoms. The normalized spacial score (nSPS) is 23.4. The first-order chi connectivity index (χ1) is 11.9. The van der Waals surface area contributed by atoms with E-state index < -0.39 is 11.9 Å². The van der Waals surface area contributed by atoms with Crippen LogP contribution in [0.2, 0.25) is 5.02 Å². The highest BCUT2D eigenvalue weighted by Crippen LogP contribution is 2.36. The Morgan fingerprint density at radius 1 is 1.04 bits per heavy atom. The topological polar surface area (TPSA) is 32.3 Å². The Balaban J connectivity index is 1.39. The van der Waals surface area contributed by atoms with Crippen LogP contribution in [0.25, 0.3) is 0 Å². The van der Waals surface area contributed by atoms with Crippen LogP contribution in [0.3, 0.4) is 0 Å². The molecule has 2 bridgehead atoms. The van der Waals surface area contributed by atoms with Crippen LogP contribution in [0.15, 0.2) is 36.7 Å². The van der Waals surface area contributed by atoms with Gasteiger partial charge in [-0.3, -0.25) is 9.88 Å². The number of piperazine rings is 1. The summed E-state index contributed by atoms with van der Waals surface area (Å²) in [6, 6.07) is 7.09. The molecule has 4 nitrogen and oxygen atoms in total. The van der Waals surface area contributed by atoms with E-state index >= 15 is 0 Å². The summed E-state index contributed by atoms with van der Waals surface area (Å²) in [5.74, 6) is 0.932. The first kappa shape index (κ1) is 16.6. The molecule has 3 aliphatic heterocycles. The third-order valence-electron chi connectivity index (χ3n) is 4.77. The van der Waals surface area contributed by atoms with Gasteiger partial charge in [0.25, 0.3) is 0 Å². The van der Waals surface area contributed by atoms with Crippen LogP contribution in [0.1, 0.15) is 17.7 Å². The molecule has 25 heavy (non-hydrogen) atoms. The standard InChI is InChI=1S/C17H16ClF3N4/c18-12-2-4-16(23-7-12)25-13-5-14(25)10-24(9-13)8-11-1-3-15(22-6-11)17(19,20)21/h1-4,6-7,13-14H,5,8-10H2. The molecule has 0 amide bonds. The summed E-state index contributed by atoms with van der Waals surface area (Å²) in [6.45, 7) is 2.34. The van der Waals surface area contributed by atoms with Crippen LogP contribution in [0.4, 0.5) is 19.0 Å². The molecule has 0 aromatic carbocycles. The summed E-state index contributed by atoms with van der Waals surface area (Å²) in [5, 5.41) is 0.617. The van der Waals surface area contributed by atoms with Crippen molar-refractivity contribution in [2.45, 2.75) is 31.2 Å². The van der Waals surface area contributed by atoms with Crippen LogP contribution in [-0.2, 0) is 12.7 Å². The van der Waals surface area contributed by atoms with E-state index in [4.69, 9.17) is 11.6 Å². The van der Waals surface area contributed by atoms with E-state index in [1.807, 2.05) is 12.1 Å². The number of pyridine rings is 2. The molecule has 0 aliphatic carbocycles. The zero-order valence-electron chi connectivity index (χ0n) is 13.2. The lowest BCUT2D eigenvalue weighted by Gasteiger charge is -2.57. The zero-order chi connectivity index (χ0) is 17.6. The number of piperidine rings is 1. The molecule has 0 N–H and O–H groups in total. The van der Waals surface area contributed by atoms with Crippen molar-refractivity contribution in [1.29, 1.82) is 0 Å². The maximum Gasteiger partial charge on any atom is 0.433 e. The largest absolute Gasteiger partial charge is 0.433 e. The van der Waals surface area contributed by atoms with E-state index in [0.29, 0.717) is 23.7 Å². The summed E-state index contributed by atoms with van der Waals surface area (Å²) in [4.78, 5) is 12.5. The lowest BCUT2D eigenvalue weighted by Crippen LogP contribution is -2.69. The smallest absolute Gasteiger partial charge is 0.348 e. The molecule has 0 spiro atoms. The Bertz CT molecular complexity index is 736. The number of anilines is 1. The van der Waals surface area contributed by atoms with Crippen molar-refractivity contribution in [2.24, 2.45) is 0 Å². The lowest BCUT2D eigenvalue weighted by molar-refractivity contribution is -0.141. The van der Waals surface area contributed by atoms with Gasteiger partial charge in [-0.15, -0.1) is 0 Å². The molecule has 5 heterocycles. The average molecular weight is 369 g/mol. The van der Waals surface area contributed by atoms with Gasteiger partial charge in [0.2, 0.25) is 0 Å². The summed E-state index contributed by atoms with van der Waals surface area (Å²) < 4.78 is 37.7. The fraction of sp³-hybridized carbons (Fsp3) is 0.412. The van der Waals surface area contributed by atoms with Gasteiger partial charge in [0.15, 0.2) is 0 Å². The van der Waals surface area contributed by atoms with Crippen molar-refractivity contribution in [3.05, 3.63) is 52.9 Å². The first-order valence-corrected chi connectivity index (χ1v) is 8.42. The fourth-order valence-electron chi connectivity index (χ4n) is 3.66. The van der Waals surface area contributed by atoms with Gasteiger partial charge in [-0.05, 0) is 30.2 Å². The highest BCUT2D eigenvalue weighted by molar-refractivity contribution is 6.30. The molecule has 2 unspecified atom stereocenters. The zero-order valence-corrected chi connectivity index (χ0v) is 14.0. The number of hydrogen-bond acceptors (Lipinski definition) is 4. The Kier molecular flexibility index (Phi) is 4.08. The third-order valence-corrected chi connectivity index (χ3v) is 4.99. The Morgan fingerprint density at radius 3 is 2.36 bits per heavy atom. The molecule has 3 saturated heterocycles. The van der Waals surface area contributed by atoms with Crippen LogP contribution >= 0.6 is 11.6 Å². The Labute approximate surface area is 148 Å². The van der Waals surface area contributed by atoms with Gasteiger partial charge in [0.1, 0.15) is 11.5 Å². The number of nitrogens with zero attached hydrogens (tertiary/aromatic N) is 4. The minimum atomic E-state index is -4.39. The van der Waals surface area contributed by atoms with E-state index in [1.54, 1.807) is 6.20 Å². The van der Waals surface area contributed by atoms with Gasteiger partial charge in [0, 0.05) is 44.1 Å². The number of halogens is 4. The quantitative estimate of drug-likeness (QED) is 0.828. The number of rotatable bonds is 3. The minimum absolute atomic E-state index is 0.384. The van der Waals surface area contributed by atoms with Crippen molar-refractivity contribution in [3.8, 4) is 0 Å². The molecular weight excluding hydrogens is 353 g/mol. The molecule has 3 fully saturated rings. The maximum atomic E-state index is 12.6. The monoisotopic (exact) mass is 368 g/mol. The van der Waals surface area contributed by atoms with Crippen LogP contribution in [-0.4, -0.2) is 40.0 Å². The second-order valence-electron chi connectivity index (χ2n) is 6.53. The molecular formula is C17H16ClF3N4. The predicted octanol–water partition coefficient (Wildman–Crippen LogP) is 3.61. The third kappa shape index (κ3) is 3.30. The van der Waals surface area contributed by atoms with E-state index in [-0.39, 0.29) is 0 Å². The van der Waals surface area contributed by atoms with E-state index in [9.17, 15) is 13.2 Å². The van der Waals surface area contributed by atoms with Gasteiger partial charge >= 0.3 is 6.18 Å². The summed E-state index contributed by atoms with van der Waals surface area (Å²) in [6.07, 6.45) is -0.304. The maximum absolute atomic E-state index is 12.6. The number of alkyl halides is 3. The SMILES string of the molecule is FC(F)(F)c1ccc(CN2CC3CC(C2)N3c2ccc(Cl)cn2)cn1. The average Bonchev–Trinajstić information content (AvgIpc) is 2.56. The van der Waals surface area contributed by atoms with Crippen LogP contribution in [0.5, 0.6) is 0 Å². The second kappa shape index (κ2) is 6.14. The van der Waals surface area contributed by atoms with E-state index in [0.717, 1.165) is 37.0 Å². The summed E-state index contributed by atoms with van der Waals surface area (Å²) in [5.41, 5.74) is -0.0526. The van der Waals surface area contributed by atoms with Gasteiger partial charge in [-0.25, -0.2) is 4.98 Å². The van der Waals surface area contributed by atoms with Crippen molar-refractivity contribution < 1.29 is 13.2 Å². The highest BCUT2D eigenvalue weighted by atomic mass is 35.5. The number of aromatic nitrogens is 2. The molecule has 2 aromatic rings. The van der Waals surface area contributed by atoms with E-state index in [1.165, 1.54) is 12.3 Å². The van der Waals surface area contributed by atoms with Crippen molar-refractivity contribution in [2.75, 3.05) is 18.0 Å². The number of hydrogen-bond donors (Lipinski definition) is 0. The van der Waals surface area contributed by atoms with Crippen molar-refractivity contribution in [1.82, 2.24) is 14.9 Å². The van der Waals surface area contributed by atoms with Gasteiger partial charge in [-0.2, -0.15) is 13.2 Å². The fourth-order valence-corrected chi connectivity index (χ4v) is 3.78. The molecule has 0 saturated carbocycles. The molecule has 3 aliphatic rings. The summed E-state index contributed by atoms with van der Waals surface area (Å²) in [7, 11) is 0. The Morgan fingerprint density at radius 2 is 1.80 bits per heavy atom. The van der Waals surface area contributed by atoms with Crippen molar-refractivity contribution in [3.63, 3.8) is 0 Å². The van der Waals surface area contributed by atoms with Gasteiger partial charge < -0.3 is 4.90 Å². The minimum Gasteiger partial charge on any atom is -0.348 e. The second-order valence-corrected chi connectivity index (χ2v) is 6.97. The number of fused-ring (bicyclic) bond motifs is 2. The molecule has 5 rings (SSSR count).